The Kier molecular flexibility index (Phi) is 5.60. The number of amides is 1. The van der Waals surface area contributed by atoms with Crippen molar-refractivity contribution in [3.8, 4) is 0 Å². The molecule has 0 aromatic carbocycles. The fraction of sp³-hybridized carbons (Fsp3) is 0.571. The third-order valence-corrected chi connectivity index (χ3v) is 2.99. The molecule has 1 unspecified atom stereocenters. The number of furan rings is 1. The fourth-order valence-corrected chi connectivity index (χ4v) is 1.88. The summed E-state index contributed by atoms with van der Waals surface area (Å²) in [4.78, 5) is 22.4. The molecule has 1 aromatic heterocycles. The molecule has 1 atom stereocenters. The van der Waals surface area contributed by atoms with Crippen LogP contribution in [0.2, 0.25) is 0 Å². The topological polar surface area (TPSA) is 79.5 Å². The number of rotatable bonds is 7. The molecule has 0 fully saturated rings. The largest absolute Gasteiger partial charge is 0.481 e. The average molecular weight is 267 g/mol. The van der Waals surface area contributed by atoms with Crippen LogP contribution < -0.4 is 5.32 Å². The van der Waals surface area contributed by atoms with Crippen LogP contribution in [0.4, 0.5) is 0 Å². The third-order valence-electron chi connectivity index (χ3n) is 2.99. The van der Waals surface area contributed by atoms with Crippen LogP contribution in [0, 0.1) is 0 Å². The Balaban J connectivity index is 2.62. The van der Waals surface area contributed by atoms with E-state index in [0.717, 1.165) is 24.2 Å². The summed E-state index contributed by atoms with van der Waals surface area (Å²) in [5.41, 5.74) is 1.05. The van der Waals surface area contributed by atoms with E-state index in [1.807, 2.05) is 13.8 Å². The van der Waals surface area contributed by atoms with Gasteiger partial charge in [-0.25, -0.2) is 0 Å². The minimum absolute atomic E-state index is 0.0417. The molecule has 5 heteroatoms. The van der Waals surface area contributed by atoms with Crippen LogP contribution in [0.5, 0.6) is 0 Å². The van der Waals surface area contributed by atoms with E-state index in [1.54, 1.807) is 13.0 Å². The zero-order valence-corrected chi connectivity index (χ0v) is 11.7. The van der Waals surface area contributed by atoms with Crippen molar-refractivity contribution < 1.29 is 19.1 Å². The first-order chi connectivity index (χ1) is 8.97. The average Bonchev–Trinajstić information content (AvgIpc) is 2.79. The molecule has 1 aromatic rings. The summed E-state index contributed by atoms with van der Waals surface area (Å²) < 4.78 is 5.51. The van der Waals surface area contributed by atoms with Gasteiger partial charge in [0.15, 0.2) is 5.76 Å². The number of hydrogen-bond donors (Lipinski definition) is 2. The van der Waals surface area contributed by atoms with Crippen molar-refractivity contribution in [2.45, 2.75) is 52.5 Å². The van der Waals surface area contributed by atoms with Gasteiger partial charge < -0.3 is 14.8 Å². The van der Waals surface area contributed by atoms with Crippen LogP contribution in [0.3, 0.4) is 0 Å². The Hall–Kier alpha value is -1.78. The number of hydrogen-bond acceptors (Lipinski definition) is 3. The standard InChI is InChI=1S/C14H21NO4/c1-4-10-8-12(19-11(10)5-2)14(18)15-9(3)6-7-13(16)17/h8-9H,4-7H2,1-3H3,(H,15,18)(H,16,17). The maximum Gasteiger partial charge on any atom is 0.303 e. The number of carboxylic acid groups (broad SMARTS) is 1. The number of nitrogens with one attached hydrogen (secondary N) is 1. The second-order valence-electron chi connectivity index (χ2n) is 4.57. The normalized spacial score (nSPS) is 12.2. The highest BCUT2D eigenvalue weighted by Gasteiger charge is 2.17. The second kappa shape index (κ2) is 6.97. The molecule has 1 heterocycles. The molecule has 0 radical (unpaired) electrons. The molecule has 1 amide bonds. The lowest BCUT2D eigenvalue weighted by Gasteiger charge is -2.11. The number of carboxylic acids is 1. The van der Waals surface area contributed by atoms with E-state index in [0.29, 0.717) is 12.2 Å². The summed E-state index contributed by atoms with van der Waals surface area (Å²) >= 11 is 0. The van der Waals surface area contributed by atoms with Gasteiger partial charge in [-0.05, 0) is 31.4 Å². The van der Waals surface area contributed by atoms with Crippen molar-refractivity contribution in [3.63, 3.8) is 0 Å². The van der Waals surface area contributed by atoms with Gasteiger partial charge in [-0.1, -0.05) is 13.8 Å². The first-order valence-corrected chi connectivity index (χ1v) is 6.62. The Bertz CT molecular complexity index is 429. The van der Waals surface area contributed by atoms with Gasteiger partial charge in [-0.2, -0.15) is 0 Å². The fourth-order valence-electron chi connectivity index (χ4n) is 1.88. The van der Waals surface area contributed by atoms with E-state index in [-0.39, 0.29) is 18.4 Å². The minimum atomic E-state index is -0.861. The smallest absolute Gasteiger partial charge is 0.303 e. The molecule has 0 saturated carbocycles. The predicted octanol–water partition coefficient (Wildman–Crippen LogP) is 2.39. The lowest BCUT2D eigenvalue weighted by molar-refractivity contribution is -0.137. The highest BCUT2D eigenvalue weighted by atomic mass is 16.4. The van der Waals surface area contributed by atoms with Crippen molar-refractivity contribution in [3.05, 3.63) is 23.2 Å². The van der Waals surface area contributed by atoms with Crippen molar-refractivity contribution in [2.75, 3.05) is 0 Å². The van der Waals surface area contributed by atoms with Gasteiger partial charge >= 0.3 is 5.97 Å². The number of carbonyl (C=O) groups is 2. The Morgan fingerprint density at radius 2 is 2.05 bits per heavy atom. The van der Waals surface area contributed by atoms with Crippen LogP contribution in [0.1, 0.15) is 55.5 Å². The molecule has 0 spiro atoms. The number of aryl methyl sites for hydroxylation is 2. The van der Waals surface area contributed by atoms with E-state index < -0.39 is 5.97 Å². The van der Waals surface area contributed by atoms with Crippen LogP contribution in [0.25, 0.3) is 0 Å². The Labute approximate surface area is 113 Å². The van der Waals surface area contributed by atoms with E-state index in [2.05, 4.69) is 5.32 Å². The molecular weight excluding hydrogens is 246 g/mol. The zero-order valence-electron chi connectivity index (χ0n) is 11.7. The molecule has 0 aliphatic carbocycles. The number of carbonyl (C=O) groups excluding carboxylic acids is 1. The molecule has 0 aliphatic rings. The maximum atomic E-state index is 11.9. The van der Waals surface area contributed by atoms with Gasteiger partial charge in [0.05, 0.1) is 0 Å². The second-order valence-corrected chi connectivity index (χ2v) is 4.57. The van der Waals surface area contributed by atoms with Crippen LogP contribution in [-0.4, -0.2) is 23.0 Å². The molecule has 0 aliphatic heterocycles. The van der Waals surface area contributed by atoms with Gasteiger partial charge in [0.1, 0.15) is 5.76 Å². The molecule has 1 rings (SSSR count). The van der Waals surface area contributed by atoms with E-state index in [1.165, 1.54) is 0 Å². The van der Waals surface area contributed by atoms with Crippen molar-refractivity contribution in [1.29, 1.82) is 0 Å². The molecule has 0 bridgehead atoms. The summed E-state index contributed by atoms with van der Waals surface area (Å²) in [7, 11) is 0. The Morgan fingerprint density at radius 1 is 1.37 bits per heavy atom. The van der Waals surface area contributed by atoms with Gasteiger partial charge in [-0.15, -0.1) is 0 Å². The van der Waals surface area contributed by atoms with Gasteiger partial charge in [0.2, 0.25) is 0 Å². The molecular formula is C14H21NO4. The predicted molar refractivity (Wildman–Crippen MR) is 71.3 cm³/mol. The molecule has 5 nitrogen and oxygen atoms in total. The molecule has 2 N–H and O–H groups in total. The van der Waals surface area contributed by atoms with Crippen LogP contribution in [-0.2, 0) is 17.6 Å². The highest BCUT2D eigenvalue weighted by Crippen LogP contribution is 2.17. The zero-order chi connectivity index (χ0) is 14.4. The first-order valence-electron chi connectivity index (χ1n) is 6.62. The SMILES string of the molecule is CCc1cc(C(=O)NC(C)CCC(=O)O)oc1CC. The molecule has 19 heavy (non-hydrogen) atoms. The summed E-state index contributed by atoms with van der Waals surface area (Å²) in [6.45, 7) is 5.78. The van der Waals surface area contributed by atoms with E-state index in [4.69, 9.17) is 9.52 Å². The molecule has 106 valence electrons. The lowest BCUT2D eigenvalue weighted by Crippen LogP contribution is -2.32. The van der Waals surface area contributed by atoms with E-state index in [9.17, 15) is 9.59 Å². The van der Waals surface area contributed by atoms with Gasteiger partial charge in [0, 0.05) is 18.9 Å². The van der Waals surface area contributed by atoms with E-state index >= 15 is 0 Å². The maximum absolute atomic E-state index is 11.9. The lowest BCUT2D eigenvalue weighted by atomic mass is 10.1. The summed E-state index contributed by atoms with van der Waals surface area (Å²) in [6, 6.07) is 1.57. The first kappa shape index (κ1) is 15.3. The summed E-state index contributed by atoms with van der Waals surface area (Å²) in [6.07, 6.45) is 2.03. The van der Waals surface area contributed by atoms with Crippen molar-refractivity contribution in [2.24, 2.45) is 0 Å². The molecule has 0 saturated heterocycles. The van der Waals surface area contributed by atoms with Crippen molar-refractivity contribution >= 4 is 11.9 Å². The quantitative estimate of drug-likeness (QED) is 0.795. The highest BCUT2D eigenvalue weighted by molar-refractivity contribution is 5.92. The summed E-state index contributed by atoms with van der Waals surface area (Å²) in [5, 5.41) is 11.3. The van der Waals surface area contributed by atoms with Crippen LogP contribution in [0.15, 0.2) is 10.5 Å². The van der Waals surface area contributed by atoms with Crippen LogP contribution >= 0.6 is 0 Å². The monoisotopic (exact) mass is 267 g/mol. The van der Waals surface area contributed by atoms with Gasteiger partial charge in [0.25, 0.3) is 5.91 Å². The van der Waals surface area contributed by atoms with Gasteiger partial charge in [-0.3, -0.25) is 9.59 Å². The Morgan fingerprint density at radius 3 is 2.53 bits per heavy atom. The van der Waals surface area contributed by atoms with Crippen molar-refractivity contribution in [1.82, 2.24) is 5.32 Å². The number of aliphatic carboxylic acids is 1. The third kappa shape index (κ3) is 4.43. The summed E-state index contributed by atoms with van der Waals surface area (Å²) in [5.74, 6) is -0.00496. The minimum Gasteiger partial charge on any atom is -0.481 e.